The van der Waals surface area contributed by atoms with E-state index in [2.05, 4.69) is 4.90 Å². The Labute approximate surface area is 119 Å². The molecule has 1 fully saturated rings. The predicted octanol–water partition coefficient (Wildman–Crippen LogP) is 1.98. The van der Waals surface area contributed by atoms with Crippen LogP contribution in [0.1, 0.15) is 25.0 Å². The molecule has 5 heteroatoms. The number of aliphatic hydroxyl groups is 1. The highest BCUT2D eigenvalue weighted by Gasteiger charge is 2.21. The molecular formula is C15H22FNO3. The standard InChI is InChI=1S/C15H22FNO3/c1-11-10-17(8-9-20-11)7-6-13(18)15-12(16)4-3-5-14(15)19-2/h3-5,11,13,18H,6-10H2,1-2H3. The van der Waals surface area contributed by atoms with Gasteiger partial charge in [0.1, 0.15) is 11.6 Å². The molecule has 1 heterocycles. The SMILES string of the molecule is COc1cccc(F)c1C(O)CCN1CCOC(C)C1. The van der Waals surface area contributed by atoms with Crippen LogP contribution in [-0.2, 0) is 4.74 Å². The molecule has 4 nitrogen and oxygen atoms in total. The molecule has 112 valence electrons. The lowest BCUT2D eigenvalue weighted by Gasteiger charge is -2.31. The monoisotopic (exact) mass is 283 g/mol. The van der Waals surface area contributed by atoms with Gasteiger partial charge in [0.05, 0.1) is 31.5 Å². The van der Waals surface area contributed by atoms with Gasteiger partial charge in [-0.05, 0) is 25.5 Å². The van der Waals surface area contributed by atoms with E-state index in [1.54, 1.807) is 12.1 Å². The van der Waals surface area contributed by atoms with E-state index in [1.807, 2.05) is 6.92 Å². The average Bonchev–Trinajstić information content (AvgIpc) is 2.44. The second kappa shape index (κ2) is 7.02. The van der Waals surface area contributed by atoms with E-state index in [0.29, 0.717) is 25.3 Å². The van der Waals surface area contributed by atoms with Crippen LogP contribution in [0.3, 0.4) is 0 Å². The maximum atomic E-state index is 13.8. The van der Waals surface area contributed by atoms with Crippen molar-refractivity contribution < 1.29 is 19.0 Å². The van der Waals surface area contributed by atoms with E-state index in [4.69, 9.17) is 9.47 Å². The zero-order valence-corrected chi connectivity index (χ0v) is 12.0. The minimum absolute atomic E-state index is 0.212. The number of hydrogen-bond donors (Lipinski definition) is 1. The molecule has 0 amide bonds. The molecule has 2 atom stereocenters. The van der Waals surface area contributed by atoms with Gasteiger partial charge in [0.25, 0.3) is 0 Å². The quantitative estimate of drug-likeness (QED) is 0.897. The summed E-state index contributed by atoms with van der Waals surface area (Å²) in [5.41, 5.74) is 0.247. The summed E-state index contributed by atoms with van der Waals surface area (Å²) < 4.78 is 24.4. The van der Waals surface area contributed by atoms with Gasteiger partial charge in [0, 0.05) is 19.6 Å². The summed E-state index contributed by atoms with van der Waals surface area (Å²) in [6.45, 7) is 5.15. The molecule has 1 saturated heterocycles. The van der Waals surface area contributed by atoms with Crippen molar-refractivity contribution in [3.05, 3.63) is 29.6 Å². The van der Waals surface area contributed by atoms with Crippen molar-refractivity contribution in [2.24, 2.45) is 0 Å². The summed E-state index contributed by atoms with van der Waals surface area (Å²) in [5.74, 6) is -0.0277. The molecule has 2 unspecified atom stereocenters. The number of halogens is 1. The molecular weight excluding hydrogens is 261 g/mol. The third-order valence-corrected chi connectivity index (χ3v) is 3.61. The first-order chi connectivity index (χ1) is 9.61. The molecule has 0 spiro atoms. The lowest BCUT2D eigenvalue weighted by molar-refractivity contribution is -0.0223. The normalized spacial score (nSPS) is 21.7. The van der Waals surface area contributed by atoms with Crippen LogP contribution >= 0.6 is 0 Å². The maximum Gasteiger partial charge on any atom is 0.132 e. The Kier molecular flexibility index (Phi) is 5.34. The summed E-state index contributed by atoms with van der Waals surface area (Å²) in [6.07, 6.45) is -0.169. The van der Waals surface area contributed by atoms with E-state index in [-0.39, 0.29) is 11.7 Å². The number of hydrogen-bond acceptors (Lipinski definition) is 4. The number of benzene rings is 1. The smallest absolute Gasteiger partial charge is 0.132 e. The highest BCUT2D eigenvalue weighted by atomic mass is 19.1. The molecule has 0 aliphatic carbocycles. The minimum Gasteiger partial charge on any atom is -0.496 e. The van der Waals surface area contributed by atoms with Crippen LogP contribution in [0.2, 0.25) is 0 Å². The number of morpholine rings is 1. The zero-order chi connectivity index (χ0) is 14.5. The number of rotatable bonds is 5. The summed E-state index contributed by atoms with van der Waals surface area (Å²) in [4.78, 5) is 2.23. The number of aliphatic hydroxyl groups excluding tert-OH is 1. The second-order valence-electron chi connectivity index (χ2n) is 5.14. The van der Waals surface area contributed by atoms with Gasteiger partial charge in [-0.2, -0.15) is 0 Å². The molecule has 0 aromatic heterocycles. The Morgan fingerprint density at radius 1 is 1.55 bits per heavy atom. The number of methoxy groups -OCH3 is 1. The Morgan fingerprint density at radius 2 is 2.35 bits per heavy atom. The van der Waals surface area contributed by atoms with Crippen molar-refractivity contribution in [2.75, 3.05) is 33.4 Å². The van der Waals surface area contributed by atoms with Crippen LogP contribution < -0.4 is 4.74 Å². The molecule has 0 saturated carbocycles. The van der Waals surface area contributed by atoms with E-state index < -0.39 is 11.9 Å². The molecule has 1 aromatic rings. The molecule has 1 aliphatic rings. The molecule has 1 aromatic carbocycles. The topological polar surface area (TPSA) is 41.9 Å². The fraction of sp³-hybridized carbons (Fsp3) is 0.600. The summed E-state index contributed by atoms with van der Waals surface area (Å²) in [7, 11) is 1.48. The van der Waals surface area contributed by atoms with Crippen LogP contribution in [0, 0.1) is 5.82 Å². The lowest BCUT2D eigenvalue weighted by atomic mass is 10.0. The Balaban J connectivity index is 1.96. The van der Waals surface area contributed by atoms with Gasteiger partial charge in [-0.15, -0.1) is 0 Å². The average molecular weight is 283 g/mol. The van der Waals surface area contributed by atoms with Crippen molar-refractivity contribution in [3.8, 4) is 5.75 Å². The highest BCUT2D eigenvalue weighted by molar-refractivity contribution is 5.36. The summed E-state index contributed by atoms with van der Waals surface area (Å²) in [6, 6.07) is 4.59. The Hall–Kier alpha value is -1.17. The van der Waals surface area contributed by atoms with Crippen molar-refractivity contribution in [1.29, 1.82) is 0 Å². The van der Waals surface area contributed by atoms with Gasteiger partial charge in [0.15, 0.2) is 0 Å². The first kappa shape index (κ1) is 15.2. The van der Waals surface area contributed by atoms with Crippen LogP contribution in [0.15, 0.2) is 18.2 Å². The van der Waals surface area contributed by atoms with Crippen LogP contribution in [-0.4, -0.2) is 49.5 Å². The van der Waals surface area contributed by atoms with Gasteiger partial charge < -0.3 is 14.6 Å². The van der Waals surface area contributed by atoms with E-state index in [1.165, 1.54) is 13.2 Å². The predicted molar refractivity (Wildman–Crippen MR) is 74.4 cm³/mol. The van der Waals surface area contributed by atoms with Crippen molar-refractivity contribution in [3.63, 3.8) is 0 Å². The largest absolute Gasteiger partial charge is 0.496 e. The van der Waals surface area contributed by atoms with Gasteiger partial charge in [0.2, 0.25) is 0 Å². The highest BCUT2D eigenvalue weighted by Crippen LogP contribution is 2.29. The van der Waals surface area contributed by atoms with E-state index in [9.17, 15) is 9.50 Å². The first-order valence-corrected chi connectivity index (χ1v) is 6.96. The number of nitrogens with zero attached hydrogens (tertiary/aromatic N) is 1. The third kappa shape index (κ3) is 3.69. The Bertz CT molecular complexity index is 441. The number of ether oxygens (including phenoxy) is 2. The van der Waals surface area contributed by atoms with Gasteiger partial charge in [-0.25, -0.2) is 4.39 Å². The first-order valence-electron chi connectivity index (χ1n) is 6.96. The molecule has 20 heavy (non-hydrogen) atoms. The molecule has 2 rings (SSSR count). The zero-order valence-electron chi connectivity index (χ0n) is 12.0. The molecule has 0 bridgehead atoms. The Morgan fingerprint density at radius 3 is 3.05 bits per heavy atom. The van der Waals surface area contributed by atoms with Gasteiger partial charge in [-0.1, -0.05) is 6.07 Å². The van der Waals surface area contributed by atoms with Crippen molar-refractivity contribution in [2.45, 2.75) is 25.6 Å². The molecule has 1 aliphatic heterocycles. The van der Waals surface area contributed by atoms with Crippen LogP contribution in [0.25, 0.3) is 0 Å². The maximum absolute atomic E-state index is 13.8. The van der Waals surface area contributed by atoms with Crippen molar-refractivity contribution >= 4 is 0 Å². The van der Waals surface area contributed by atoms with Crippen LogP contribution in [0.4, 0.5) is 4.39 Å². The van der Waals surface area contributed by atoms with Crippen LogP contribution in [0.5, 0.6) is 5.75 Å². The van der Waals surface area contributed by atoms with Gasteiger partial charge in [-0.3, -0.25) is 4.90 Å². The lowest BCUT2D eigenvalue weighted by Crippen LogP contribution is -2.41. The van der Waals surface area contributed by atoms with Crippen molar-refractivity contribution in [1.82, 2.24) is 4.90 Å². The summed E-state index contributed by atoms with van der Waals surface area (Å²) >= 11 is 0. The second-order valence-corrected chi connectivity index (χ2v) is 5.14. The van der Waals surface area contributed by atoms with E-state index >= 15 is 0 Å². The summed E-state index contributed by atoms with van der Waals surface area (Å²) in [5, 5.41) is 10.2. The fourth-order valence-corrected chi connectivity index (χ4v) is 2.56. The fourth-order valence-electron chi connectivity index (χ4n) is 2.56. The molecule has 0 radical (unpaired) electrons. The van der Waals surface area contributed by atoms with Gasteiger partial charge >= 0.3 is 0 Å². The third-order valence-electron chi connectivity index (χ3n) is 3.61. The minimum atomic E-state index is -0.857. The molecule has 1 N–H and O–H groups in total. The van der Waals surface area contributed by atoms with E-state index in [0.717, 1.165) is 13.1 Å².